The Bertz CT molecular complexity index is 598. The number of benzene rings is 1. The lowest BCUT2D eigenvalue weighted by Crippen LogP contribution is -2.11. The Labute approximate surface area is 103 Å². The van der Waals surface area contributed by atoms with Crippen LogP contribution in [0, 0.1) is 18.3 Å². The summed E-state index contributed by atoms with van der Waals surface area (Å²) in [5.41, 5.74) is 2.27. The van der Waals surface area contributed by atoms with Gasteiger partial charge in [-0.3, -0.25) is 4.79 Å². The quantitative estimate of drug-likeness (QED) is 0.835. The Balaban J connectivity index is 2.28. The summed E-state index contributed by atoms with van der Waals surface area (Å²) in [6, 6.07) is 7.22. The number of aryl methyl sites for hydroxylation is 1. The minimum atomic E-state index is -0.342. The molecule has 18 heavy (non-hydrogen) atoms. The summed E-state index contributed by atoms with van der Waals surface area (Å²) < 4.78 is 0. The van der Waals surface area contributed by atoms with Crippen LogP contribution in [0.15, 0.2) is 18.2 Å². The summed E-state index contributed by atoms with van der Waals surface area (Å²) in [6.07, 6.45) is -0.175. The van der Waals surface area contributed by atoms with Crippen molar-refractivity contribution in [2.45, 2.75) is 13.3 Å². The fourth-order valence-corrected chi connectivity index (χ4v) is 1.45. The van der Waals surface area contributed by atoms with E-state index >= 15 is 0 Å². The molecule has 90 valence electrons. The van der Waals surface area contributed by atoms with Gasteiger partial charge in [0, 0.05) is 11.3 Å². The number of amides is 1. The number of anilines is 1. The molecule has 0 fully saturated rings. The van der Waals surface area contributed by atoms with E-state index in [1.165, 1.54) is 0 Å². The number of aromatic nitrogens is 4. The number of H-pyrrole nitrogens is 1. The van der Waals surface area contributed by atoms with E-state index < -0.39 is 0 Å². The summed E-state index contributed by atoms with van der Waals surface area (Å²) >= 11 is 0. The van der Waals surface area contributed by atoms with E-state index in [-0.39, 0.29) is 12.3 Å². The zero-order valence-corrected chi connectivity index (χ0v) is 9.64. The van der Waals surface area contributed by atoms with Crippen molar-refractivity contribution in [1.29, 1.82) is 5.26 Å². The molecule has 7 heteroatoms. The number of rotatable bonds is 3. The number of hydrogen-bond acceptors (Lipinski definition) is 5. The standard InChI is InChI=1S/C11H10N6O/c1-7-2-3-8(11-14-16-17-15-11)6-9(7)13-10(18)4-5-12/h2-3,6H,4H2,1H3,(H,13,18)(H,14,15,16,17). The second-order valence-corrected chi connectivity index (χ2v) is 3.65. The molecule has 0 aliphatic rings. The minimum absolute atomic E-state index is 0.175. The van der Waals surface area contributed by atoms with Gasteiger partial charge in [-0.05, 0) is 23.8 Å². The molecule has 0 saturated heterocycles. The van der Waals surface area contributed by atoms with E-state index in [9.17, 15) is 4.79 Å². The van der Waals surface area contributed by atoms with Crippen molar-refractivity contribution in [1.82, 2.24) is 20.6 Å². The Morgan fingerprint density at radius 1 is 1.56 bits per heavy atom. The van der Waals surface area contributed by atoms with Crippen molar-refractivity contribution >= 4 is 11.6 Å². The zero-order chi connectivity index (χ0) is 13.0. The molecule has 0 radical (unpaired) electrons. The Hall–Kier alpha value is -2.75. The zero-order valence-electron chi connectivity index (χ0n) is 9.64. The average Bonchev–Trinajstić information content (AvgIpc) is 2.86. The fourth-order valence-electron chi connectivity index (χ4n) is 1.45. The van der Waals surface area contributed by atoms with Crippen molar-refractivity contribution in [3.8, 4) is 17.5 Å². The van der Waals surface area contributed by atoms with Gasteiger partial charge in [-0.1, -0.05) is 12.1 Å². The van der Waals surface area contributed by atoms with Gasteiger partial charge in [-0.2, -0.15) is 10.5 Å². The molecule has 0 unspecified atom stereocenters. The van der Waals surface area contributed by atoms with Gasteiger partial charge in [-0.25, -0.2) is 0 Å². The second-order valence-electron chi connectivity index (χ2n) is 3.65. The predicted octanol–water partition coefficient (Wildman–Crippen LogP) is 1.03. The first-order valence-corrected chi connectivity index (χ1v) is 5.22. The third-order valence-electron chi connectivity index (χ3n) is 2.35. The van der Waals surface area contributed by atoms with Gasteiger partial charge in [0.25, 0.3) is 0 Å². The van der Waals surface area contributed by atoms with Gasteiger partial charge < -0.3 is 5.32 Å². The molecule has 1 aromatic carbocycles. The van der Waals surface area contributed by atoms with Crippen LogP contribution < -0.4 is 5.32 Å². The smallest absolute Gasteiger partial charge is 0.238 e. The number of aromatic amines is 1. The highest BCUT2D eigenvalue weighted by atomic mass is 16.1. The average molecular weight is 242 g/mol. The van der Waals surface area contributed by atoms with Crippen LogP contribution in [0.25, 0.3) is 11.4 Å². The molecule has 0 aliphatic heterocycles. The largest absolute Gasteiger partial charge is 0.325 e. The number of tetrazole rings is 1. The number of carbonyl (C=O) groups excluding carboxylic acids is 1. The molecule has 0 spiro atoms. The van der Waals surface area contributed by atoms with E-state index in [2.05, 4.69) is 25.9 Å². The molecular formula is C11H10N6O. The number of nitrogens with zero attached hydrogens (tertiary/aromatic N) is 4. The van der Waals surface area contributed by atoms with Crippen LogP contribution in [0.5, 0.6) is 0 Å². The molecule has 0 bridgehead atoms. The molecule has 2 aromatic rings. The minimum Gasteiger partial charge on any atom is -0.325 e. The van der Waals surface area contributed by atoms with Gasteiger partial charge in [0.05, 0.1) is 6.07 Å². The van der Waals surface area contributed by atoms with Gasteiger partial charge in [0.15, 0.2) is 0 Å². The van der Waals surface area contributed by atoms with Crippen LogP contribution in [0.3, 0.4) is 0 Å². The molecule has 1 heterocycles. The molecule has 2 N–H and O–H groups in total. The molecule has 7 nitrogen and oxygen atoms in total. The van der Waals surface area contributed by atoms with Crippen molar-refractivity contribution in [3.63, 3.8) is 0 Å². The lowest BCUT2D eigenvalue weighted by Gasteiger charge is -2.07. The molecule has 1 amide bonds. The number of nitrogens with one attached hydrogen (secondary N) is 2. The van der Waals surface area contributed by atoms with Crippen LogP contribution in [0.1, 0.15) is 12.0 Å². The van der Waals surface area contributed by atoms with E-state index in [1.54, 1.807) is 12.1 Å². The molecular weight excluding hydrogens is 232 g/mol. The molecule has 2 rings (SSSR count). The highest BCUT2D eigenvalue weighted by Crippen LogP contribution is 2.22. The fraction of sp³-hybridized carbons (Fsp3) is 0.182. The normalized spacial score (nSPS) is 9.78. The number of carbonyl (C=O) groups is 1. The molecule has 0 aliphatic carbocycles. The number of nitriles is 1. The molecule has 0 saturated carbocycles. The summed E-state index contributed by atoms with van der Waals surface area (Å²) in [5, 5.41) is 24.7. The summed E-state index contributed by atoms with van der Waals surface area (Å²) in [4.78, 5) is 11.4. The van der Waals surface area contributed by atoms with Gasteiger partial charge >= 0.3 is 0 Å². The van der Waals surface area contributed by atoms with E-state index in [0.717, 1.165) is 11.1 Å². The molecule has 1 aromatic heterocycles. The van der Waals surface area contributed by atoms with Crippen LogP contribution >= 0.6 is 0 Å². The first-order valence-electron chi connectivity index (χ1n) is 5.22. The van der Waals surface area contributed by atoms with Crippen molar-refractivity contribution in [2.75, 3.05) is 5.32 Å². The Morgan fingerprint density at radius 3 is 3.06 bits per heavy atom. The molecule has 0 atom stereocenters. The Kier molecular flexibility index (Phi) is 3.29. The summed E-state index contributed by atoms with van der Waals surface area (Å²) in [6.45, 7) is 1.86. The number of hydrogen-bond donors (Lipinski definition) is 2. The third kappa shape index (κ3) is 2.49. The second kappa shape index (κ2) is 5.05. The van der Waals surface area contributed by atoms with Crippen LogP contribution in [-0.4, -0.2) is 26.5 Å². The van der Waals surface area contributed by atoms with E-state index in [4.69, 9.17) is 5.26 Å². The van der Waals surface area contributed by atoms with Crippen molar-refractivity contribution in [3.05, 3.63) is 23.8 Å². The van der Waals surface area contributed by atoms with Crippen LogP contribution in [0.2, 0.25) is 0 Å². The lowest BCUT2D eigenvalue weighted by molar-refractivity contribution is -0.115. The lowest BCUT2D eigenvalue weighted by atomic mass is 10.1. The Morgan fingerprint density at radius 2 is 2.39 bits per heavy atom. The van der Waals surface area contributed by atoms with Gasteiger partial charge in [-0.15, -0.1) is 10.2 Å². The summed E-state index contributed by atoms with van der Waals surface area (Å²) in [7, 11) is 0. The summed E-state index contributed by atoms with van der Waals surface area (Å²) in [5.74, 6) is 0.108. The van der Waals surface area contributed by atoms with Crippen molar-refractivity contribution < 1.29 is 4.79 Å². The van der Waals surface area contributed by atoms with E-state index in [0.29, 0.717) is 11.5 Å². The monoisotopic (exact) mass is 242 g/mol. The van der Waals surface area contributed by atoms with Gasteiger partial charge in [0.1, 0.15) is 6.42 Å². The van der Waals surface area contributed by atoms with Crippen molar-refractivity contribution in [2.24, 2.45) is 0 Å². The first kappa shape index (κ1) is 11.7. The van der Waals surface area contributed by atoms with Gasteiger partial charge in [0.2, 0.25) is 11.7 Å². The highest BCUT2D eigenvalue weighted by molar-refractivity contribution is 5.93. The predicted molar refractivity (Wildman–Crippen MR) is 63.2 cm³/mol. The van der Waals surface area contributed by atoms with E-state index in [1.807, 2.05) is 19.1 Å². The SMILES string of the molecule is Cc1ccc(-c2nn[nH]n2)cc1NC(=O)CC#N. The van der Waals surface area contributed by atoms with Crippen LogP contribution in [0.4, 0.5) is 5.69 Å². The maximum atomic E-state index is 11.4. The first-order chi connectivity index (χ1) is 8.70. The maximum Gasteiger partial charge on any atom is 0.238 e. The maximum absolute atomic E-state index is 11.4. The topological polar surface area (TPSA) is 107 Å². The third-order valence-corrected chi connectivity index (χ3v) is 2.35. The van der Waals surface area contributed by atoms with Crippen LogP contribution in [-0.2, 0) is 4.79 Å². The highest BCUT2D eigenvalue weighted by Gasteiger charge is 2.08.